The van der Waals surface area contributed by atoms with Gasteiger partial charge in [-0.2, -0.15) is 10.2 Å². The molecule has 1 aliphatic heterocycles. The lowest BCUT2D eigenvalue weighted by Gasteiger charge is -2.21. The van der Waals surface area contributed by atoms with E-state index in [9.17, 15) is 4.79 Å². The van der Waals surface area contributed by atoms with E-state index in [1.165, 1.54) is 0 Å². The third-order valence-electron chi connectivity index (χ3n) is 5.86. The molecule has 0 fully saturated rings. The molecule has 0 saturated carbocycles. The lowest BCUT2D eigenvalue weighted by molar-refractivity contribution is 0.0944. The number of pyridine rings is 1. The van der Waals surface area contributed by atoms with Gasteiger partial charge in [-0.15, -0.1) is 0 Å². The van der Waals surface area contributed by atoms with Crippen LogP contribution in [-0.4, -0.2) is 35.3 Å². The average molecular weight is 412 g/mol. The summed E-state index contributed by atoms with van der Waals surface area (Å²) < 4.78 is 3.65. The Labute approximate surface area is 180 Å². The van der Waals surface area contributed by atoms with Crippen LogP contribution in [0.1, 0.15) is 34.7 Å². The van der Waals surface area contributed by atoms with E-state index in [2.05, 4.69) is 15.2 Å². The minimum Gasteiger partial charge on any atom is -0.292 e. The van der Waals surface area contributed by atoms with Crippen molar-refractivity contribution >= 4 is 5.78 Å². The number of aryl methyl sites for hydroxylation is 3. The van der Waals surface area contributed by atoms with Gasteiger partial charge in [0.1, 0.15) is 11.5 Å². The zero-order valence-electron chi connectivity index (χ0n) is 17.7. The SMILES string of the molecule is Cc1ccc(-c2cnn(C)c2C(=O)CC2CCn3nc(-c4ccccc4)nc3C2)nc1. The zero-order valence-corrected chi connectivity index (χ0v) is 17.7. The summed E-state index contributed by atoms with van der Waals surface area (Å²) in [6.07, 6.45) is 5.67. The highest BCUT2D eigenvalue weighted by Crippen LogP contribution is 2.28. The molecule has 0 radical (unpaired) electrons. The molecule has 1 aliphatic rings. The summed E-state index contributed by atoms with van der Waals surface area (Å²) in [7, 11) is 1.81. The third-order valence-corrected chi connectivity index (χ3v) is 5.86. The monoisotopic (exact) mass is 412 g/mol. The van der Waals surface area contributed by atoms with Crippen LogP contribution < -0.4 is 0 Å². The molecule has 31 heavy (non-hydrogen) atoms. The minimum atomic E-state index is 0.0959. The van der Waals surface area contributed by atoms with E-state index in [0.717, 1.165) is 53.4 Å². The van der Waals surface area contributed by atoms with Crippen LogP contribution in [0, 0.1) is 12.8 Å². The Morgan fingerprint density at radius 1 is 1.13 bits per heavy atom. The molecule has 1 unspecified atom stereocenters. The Morgan fingerprint density at radius 3 is 2.74 bits per heavy atom. The van der Waals surface area contributed by atoms with Crippen molar-refractivity contribution in [1.29, 1.82) is 0 Å². The molecular weight excluding hydrogens is 388 g/mol. The molecule has 4 aromatic rings. The van der Waals surface area contributed by atoms with Gasteiger partial charge >= 0.3 is 0 Å². The Bertz CT molecular complexity index is 1220. The molecule has 156 valence electrons. The maximum absolute atomic E-state index is 13.3. The molecule has 0 bridgehead atoms. The molecule has 4 heterocycles. The predicted octanol–water partition coefficient (Wildman–Crippen LogP) is 3.88. The van der Waals surface area contributed by atoms with Crippen LogP contribution in [0.2, 0.25) is 0 Å². The van der Waals surface area contributed by atoms with E-state index in [0.29, 0.717) is 12.1 Å². The topological polar surface area (TPSA) is 78.5 Å². The summed E-state index contributed by atoms with van der Waals surface area (Å²) in [6.45, 7) is 2.78. The molecule has 3 aromatic heterocycles. The number of carbonyl (C=O) groups excluding carboxylic acids is 1. The van der Waals surface area contributed by atoms with E-state index in [4.69, 9.17) is 4.98 Å². The molecule has 7 nitrogen and oxygen atoms in total. The molecule has 0 N–H and O–H groups in total. The van der Waals surface area contributed by atoms with Gasteiger partial charge in [0.05, 0.1) is 11.9 Å². The number of carbonyl (C=O) groups is 1. The first-order valence-corrected chi connectivity index (χ1v) is 10.6. The highest BCUT2D eigenvalue weighted by atomic mass is 16.1. The summed E-state index contributed by atoms with van der Waals surface area (Å²) in [5.74, 6) is 2.04. The standard InChI is InChI=1S/C24H24N6O/c1-16-8-9-20(25-14-16)19-15-26-29(2)23(19)21(31)12-17-10-11-30-22(13-17)27-24(28-30)18-6-4-3-5-7-18/h3-9,14-15,17H,10-13H2,1-2H3. The number of hydrogen-bond donors (Lipinski definition) is 0. The fourth-order valence-corrected chi connectivity index (χ4v) is 4.19. The molecule has 7 heteroatoms. The van der Waals surface area contributed by atoms with Crippen molar-refractivity contribution in [1.82, 2.24) is 29.5 Å². The van der Waals surface area contributed by atoms with Gasteiger partial charge in [0, 0.05) is 43.8 Å². The van der Waals surface area contributed by atoms with E-state index in [-0.39, 0.29) is 11.7 Å². The van der Waals surface area contributed by atoms with Gasteiger partial charge in [-0.3, -0.25) is 14.5 Å². The molecule has 0 spiro atoms. The van der Waals surface area contributed by atoms with Crippen LogP contribution in [0.5, 0.6) is 0 Å². The van der Waals surface area contributed by atoms with Crippen molar-refractivity contribution in [2.45, 2.75) is 32.7 Å². The van der Waals surface area contributed by atoms with Crippen LogP contribution in [0.3, 0.4) is 0 Å². The first-order chi connectivity index (χ1) is 15.1. The molecule has 1 atom stereocenters. The van der Waals surface area contributed by atoms with Crippen molar-refractivity contribution in [3.63, 3.8) is 0 Å². The molecule has 0 saturated heterocycles. The van der Waals surface area contributed by atoms with E-state index in [1.54, 1.807) is 10.9 Å². The van der Waals surface area contributed by atoms with Crippen molar-refractivity contribution in [3.05, 3.63) is 71.9 Å². The third kappa shape index (κ3) is 3.79. The Morgan fingerprint density at radius 2 is 1.97 bits per heavy atom. The van der Waals surface area contributed by atoms with Crippen molar-refractivity contribution in [3.8, 4) is 22.6 Å². The van der Waals surface area contributed by atoms with E-state index >= 15 is 0 Å². The number of benzene rings is 1. The van der Waals surface area contributed by atoms with Crippen LogP contribution in [-0.2, 0) is 20.0 Å². The van der Waals surface area contributed by atoms with Gasteiger partial charge in [0.25, 0.3) is 0 Å². The number of Topliss-reactive ketones (excluding diaryl/α,β-unsaturated/α-hetero) is 1. The van der Waals surface area contributed by atoms with Gasteiger partial charge < -0.3 is 0 Å². The summed E-state index contributed by atoms with van der Waals surface area (Å²) in [5.41, 5.74) is 4.29. The number of fused-ring (bicyclic) bond motifs is 1. The Kier molecular flexibility index (Phi) is 4.94. The second-order valence-corrected chi connectivity index (χ2v) is 8.18. The fraction of sp³-hybridized carbons (Fsp3) is 0.292. The molecular formula is C24H24N6O. The van der Waals surface area contributed by atoms with Gasteiger partial charge in [-0.1, -0.05) is 36.4 Å². The summed E-state index contributed by atoms with van der Waals surface area (Å²) in [4.78, 5) is 22.5. The maximum atomic E-state index is 13.3. The van der Waals surface area contributed by atoms with E-state index in [1.807, 2.05) is 67.3 Å². The number of ketones is 1. The number of aromatic nitrogens is 6. The molecule has 0 aliphatic carbocycles. The second-order valence-electron chi connectivity index (χ2n) is 8.18. The lowest BCUT2D eigenvalue weighted by atomic mass is 9.91. The number of rotatable bonds is 5. The van der Waals surface area contributed by atoms with Crippen LogP contribution >= 0.6 is 0 Å². The first kappa shape index (κ1) is 19.4. The van der Waals surface area contributed by atoms with Gasteiger partial charge in [-0.05, 0) is 30.9 Å². The normalized spacial score (nSPS) is 15.6. The van der Waals surface area contributed by atoms with Crippen LogP contribution in [0.25, 0.3) is 22.6 Å². The fourth-order valence-electron chi connectivity index (χ4n) is 4.19. The van der Waals surface area contributed by atoms with Crippen molar-refractivity contribution in [2.24, 2.45) is 13.0 Å². The van der Waals surface area contributed by atoms with Crippen LogP contribution in [0.4, 0.5) is 0 Å². The first-order valence-electron chi connectivity index (χ1n) is 10.6. The highest BCUT2D eigenvalue weighted by molar-refractivity contribution is 6.00. The Balaban J connectivity index is 1.34. The van der Waals surface area contributed by atoms with E-state index < -0.39 is 0 Å². The number of hydrogen-bond acceptors (Lipinski definition) is 5. The maximum Gasteiger partial charge on any atom is 0.181 e. The van der Waals surface area contributed by atoms with Crippen LogP contribution in [0.15, 0.2) is 54.9 Å². The smallest absolute Gasteiger partial charge is 0.181 e. The molecule has 5 rings (SSSR count). The number of nitrogens with zero attached hydrogens (tertiary/aromatic N) is 6. The zero-order chi connectivity index (χ0) is 21.4. The summed E-state index contributed by atoms with van der Waals surface area (Å²) in [6, 6.07) is 14.0. The highest BCUT2D eigenvalue weighted by Gasteiger charge is 2.27. The van der Waals surface area contributed by atoms with Crippen molar-refractivity contribution < 1.29 is 4.79 Å². The predicted molar refractivity (Wildman–Crippen MR) is 117 cm³/mol. The Hall–Kier alpha value is -3.61. The summed E-state index contributed by atoms with van der Waals surface area (Å²) in [5, 5.41) is 8.99. The minimum absolute atomic E-state index is 0.0959. The molecule has 0 amide bonds. The van der Waals surface area contributed by atoms with Gasteiger partial charge in [0.2, 0.25) is 0 Å². The average Bonchev–Trinajstić information content (AvgIpc) is 3.38. The van der Waals surface area contributed by atoms with Gasteiger partial charge in [0.15, 0.2) is 11.6 Å². The molecule has 1 aromatic carbocycles. The van der Waals surface area contributed by atoms with Gasteiger partial charge in [-0.25, -0.2) is 9.67 Å². The summed E-state index contributed by atoms with van der Waals surface area (Å²) >= 11 is 0. The quantitative estimate of drug-likeness (QED) is 0.465. The lowest BCUT2D eigenvalue weighted by Crippen LogP contribution is -2.23. The van der Waals surface area contributed by atoms with Crippen molar-refractivity contribution in [2.75, 3.05) is 0 Å². The largest absolute Gasteiger partial charge is 0.292 e. The second kappa shape index (κ2) is 7.91.